The molecular weight excluding hydrogens is 564 g/mol. The third kappa shape index (κ3) is 5.48. The molecule has 1 amide bonds. The van der Waals surface area contributed by atoms with Gasteiger partial charge in [0.05, 0.1) is 0 Å². The first-order valence-electron chi connectivity index (χ1n) is 15.4. The van der Waals surface area contributed by atoms with Crippen LogP contribution >= 0.6 is 0 Å². The van der Waals surface area contributed by atoms with Gasteiger partial charge in [-0.3, -0.25) is 4.79 Å². The van der Waals surface area contributed by atoms with Gasteiger partial charge in [-0.2, -0.15) is 13.8 Å². The number of hydrogen-bond acceptors (Lipinski definition) is 6. The minimum atomic E-state index is -3.20. The van der Waals surface area contributed by atoms with Crippen molar-refractivity contribution in [2.24, 2.45) is 11.3 Å². The second kappa shape index (κ2) is 10.2. The predicted octanol–water partition coefficient (Wildman–Crippen LogP) is 8.16. The number of carbonyl (C=O) groups excluding carboxylic acids is 1. The molecule has 11 heteroatoms. The molecule has 2 aromatic heterocycles. The van der Waals surface area contributed by atoms with Gasteiger partial charge in [0.1, 0.15) is 11.5 Å². The fraction of sp³-hybridized carbons (Fsp3) is 0.625. The predicted molar refractivity (Wildman–Crippen MR) is 149 cm³/mol. The van der Waals surface area contributed by atoms with Gasteiger partial charge in [0.15, 0.2) is 5.82 Å². The Balaban J connectivity index is 1.14. The first-order valence-corrected chi connectivity index (χ1v) is 15.4. The largest absolute Gasteiger partial charge is 0.360 e. The molecule has 5 saturated carbocycles. The molecule has 230 valence electrons. The highest BCUT2D eigenvalue weighted by molar-refractivity contribution is 5.95. The van der Waals surface area contributed by atoms with E-state index in [0.717, 1.165) is 56.0 Å². The molecular formula is C32H36F4N4O3. The minimum absolute atomic E-state index is 0.115. The zero-order chi connectivity index (χ0) is 30.0. The monoisotopic (exact) mass is 600 g/mol. The van der Waals surface area contributed by atoms with Gasteiger partial charge in [0.25, 0.3) is 5.89 Å². The number of halogens is 4. The van der Waals surface area contributed by atoms with Crippen molar-refractivity contribution in [1.82, 2.24) is 15.3 Å². The van der Waals surface area contributed by atoms with Gasteiger partial charge >= 0.3 is 5.92 Å². The minimum Gasteiger partial charge on any atom is -0.360 e. The van der Waals surface area contributed by atoms with Crippen LogP contribution in [-0.4, -0.2) is 33.7 Å². The van der Waals surface area contributed by atoms with Crippen molar-refractivity contribution in [2.75, 3.05) is 11.4 Å². The fourth-order valence-corrected chi connectivity index (χ4v) is 7.41. The Kier molecular flexibility index (Phi) is 6.74. The Morgan fingerprint density at radius 3 is 2.28 bits per heavy atom. The second-order valence-corrected chi connectivity index (χ2v) is 13.6. The van der Waals surface area contributed by atoms with E-state index in [4.69, 9.17) is 9.05 Å². The molecule has 43 heavy (non-hydrogen) atoms. The van der Waals surface area contributed by atoms with Crippen LogP contribution in [0, 0.1) is 11.3 Å². The molecule has 1 aromatic carbocycles. The first-order chi connectivity index (χ1) is 20.4. The summed E-state index contributed by atoms with van der Waals surface area (Å²) in [5.74, 6) is -5.51. The van der Waals surface area contributed by atoms with Crippen LogP contribution in [-0.2, 0) is 16.1 Å². The zero-order valence-electron chi connectivity index (χ0n) is 24.3. The summed E-state index contributed by atoms with van der Waals surface area (Å²) < 4.78 is 66.1. The summed E-state index contributed by atoms with van der Waals surface area (Å²) in [6.45, 7) is 1.21. The van der Waals surface area contributed by atoms with Crippen LogP contribution < -0.4 is 4.90 Å². The van der Waals surface area contributed by atoms with E-state index in [0.29, 0.717) is 43.2 Å². The van der Waals surface area contributed by atoms with Crippen LogP contribution in [0.2, 0.25) is 0 Å². The molecule has 0 saturated heterocycles. The summed E-state index contributed by atoms with van der Waals surface area (Å²) >= 11 is 0. The number of aromatic nitrogens is 3. The molecule has 0 atom stereocenters. The summed E-state index contributed by atoms with van der Waals surface area (Å²) in [6, 6.07) is 9.65. The van der Waals surface area contributed by atoms with Gasteiger partial charge in [0.2, 0.25) is 11.8 Å². The van der Waals surface area contributed by atoms with Crippen molar-refractivity contribution in [1.29, 1.82) is 0 Å². The normalized spacial score (nSPS) is 27.4. The number of alkyl halides is 4. The molecule has 2 heterocycles. The van der Waals surface area contributed by atoms with E-state index in [-0.39, 0.29) is 37.0 Å². The van der Waals surface area contributed by atoms with E-state index in [9.17, 15) is 22.4 Å². The molecule has 2 bridgehead atoms. The van der Waals surface area contributed by atoms with Gasteiger partial charge < -0.3 is 13.9 Å². The van der Waals surface area contributed by atoms with Crippen molar-refractivity contribution >= 4 is 11.6 Å². The average molecular weight is 601 g/mol. The standard InChI is InChI=1S/C32H36F4N4O3/c1-29(33,34)28-37-27(39-43-28)31-14-11-30(12-15-31,13-16-31)19-40(26(41)21-7-9-32(35,36)10-8-21)23-4-2-3-22(17-23)24-18-25(42-38-24)20-5-6-20/h2-4,17-18,20-21H,5-16,19H2,1H3. The molecule has 0 radical (unpaired) electrons. The van der Waals surface area contributed by atoms with Gasteiger partial charge in [-0.05, 0) is 81.8 Å². The lowest BCUT2D eigenvalue weighted by Crippen LogP contribution is -2.52. The average Bonchev–Trinajstić information content (AvgIpc) is 3.48. The number of nitrogens with zero attached hydrogens (tertiary/aromatic N) is 4. The van der Waals surface area contributed by atoms with E-state index in [1.165, 1.54) is 0 Å². The maximum absolute atomic E-state index is 14.1. The van der Waals surface area contributed by atoms with Gasteiger partial charge in [-0.1, -0.05) is 22.4 Å². The van der Waals surface area contributed by atoms with E-state index >= 15 is 0 Å². The number of benzene rings is 1. The third-order valence-corrected chi connectivity index (χ3v) is 10.5. The number of hydrogen-bond donors (Lipinski definition) is 0. The van der Waals surface area contributed by atoms with Crippen molar-refractivity contribution < 1.29 is 31.4 Å². The van der Waals surface area contributed by atoms with Crippen molar-refractivity contribution in [2.45, 2.75) is 107 Å². The first kappa shape index (κ1) is 28.5. The number of anilines is 1. The molecule has 5 aliphatic rings. The Morgan fingerprint density at radius 1 is 0.953 bits per heavy atom. The lowest BCUT2D eigenvalue weighted by atomic mass is 9.53. The zero-order valence-corrected chi connectivity index (χ0v) is 24.3. The number of amides is 1. The number of fused-ring (bicyclic) bond motifs is 3. The number of carbonyl (C=O) groups is 1. The van der Waals surface area contributed by atoms with Crippen LogP contribution in [0.15, 0.2) is 39.4 Å². The second-order valence-electron chi connectivity index (χ2n) is 13.6. The van der Waals surface area contributed by atoms with E-state index < -0.39 is 29.1 Å². The third-order valence-electron chi connectivity index (χ3n) is 10.5. The van der Waals surface area contributed by atoms with Gasteiger partial charge in [-0.15, -0.1) is 0 Å². The van der Waals surface area contributed by atoms with Crippen LogP contribution in [0.1, 0.15) is 107 Å². The SMILES string of the molecule is CC(F)(F)c1nc(C23CCC(CN(C(=O)C4CCC(F)(F)CC4)c4cccc(-c5cc(C6CC6)on5)c4)(CC2)CC3)no1. The molecule has 8 rings (SSSR count). The highest BCUT2D eigenvalue weighted by atomic mass is 19.3. The van der Waals surface area contributed by atoms with E-state index in [1.807, 2.05) is 35.2 Å². The molecule has 0 spiro atoms. The molecule has 5 aliphatic carbocycles. The number of rotatable bonds is 8. The lowest BCUT2D eigenvalue weighted by molar-refractivity contribution is -0.127. The van der Waals surface area contributed by atoms with Crippen LogP contribution in [0.25, 0.3) is 11.3 Å². The summed E-state index contributed by atoms with van der Waals surface area (Å²) in [4.78, 5) is 20.0. The molecule has 3 aromatic rings. The Labute approximate surface area is 247 Å². The Morgan fingerprint density at radius 2 is 1.65 bits per heavy atom. The van der Waals surface area contributed by atoms with Gasteiger partial charge in [-0.25, -0.2) is 8.78 Å². The molecule has 7 nitrogen and oxygen atoms in total. The van der Waals surface area contributed by atoms with Crippen molar-refractivity contribution in [3.8, 4) is 11.3 Å². The van der Waals surface area contributed by atoms with Gasteiger partial charge in [0, 0.05) is 60.9 Å². The highest BCUT2D eigenvalue weighted by Gasteiger charge is 2.53. The summed E-state index contributed by atoms with van der Waals surface area (Å²) in [7, 11) is 0. The summed E-state index contributed by atoms with van der Waals surface area (Å²) in [5, 5.41) is 8.23. The van der Waals surface area contributed by atoms with Crippen LogP contribution in [0.4, 0.5) is 23.2 Å². The lowest BCUT2D eigenvalue weighted by Gasteiger charge is -2.53. The Bertz CT molecular complexity index is 1470. The Hall–Kier alpha value is -3.24. The van der Waals surface area contributed by atoms with E-state index in [1.54, 1.807) is 0 Å². The quantitative estimate of drug-likeness (QED) is 0.243. The van der Waals surface area contributed by atoms with Crippen LogP contribution in [0.3, 0.4) is 0 Å². The van der Waals surface area contributed by atoms with Crippen molar-refractivity contribution in [3.63, 3.8) is 0 Å². The maximum Gasteiger partial charge on any atom is 0.322 e. The molecule has 0 unspecified atom stereocenters. The van der Waals surface area contributed by atoms with E-state index in [2.05, 4.69) is 15.3 Å². The molecule has 0 N–H and O–H groups in total. The van der Waals surface area contributed by atoms with Crippen molar-refractivity contribution in [3.05, 3.63) is 47.8 Å². The molecule has 0 aliphatic heterocycles. The fourth-order valence-electron chi connectivity index (χ4n) is 7.41. The summed E-state index contributed by atoms with van der Waals surface area (Å²) in [6.07, 6.45) is 6.42. The maximum atomic E-state index is 14.1. The van der Waals surface area contributed by atoms with Crippen LogP contribution in [0.5, 0.6) is 0 Å². The topological polar surface area (TPSA) is 85.3 Å². The summed E-state index contributed by atoms with van der Waals surface area (Å²) in [5.41, 5.74) is 1.68. The smallest absolute Gasteiger partial charge is 0.322 e. The highest BCUT2D eigenvalue weighted by Crippen LogP contribution is 2.58. The molecule has 5 fully saturated rings.